The molecule has 3 aromatic rings. The second kappa shape index (κ2) is 8.92. The minimum Gasteiger partial charge on any atom is -0.345 e. The zero-order valence-corrected chi connectivity index (χ0v) is 19.7. The Morgan fingerprint density at radius 3 is 2.43 bits per heavy atom. The van der Waals surface area contributed by atoms with E-state index in [0.717, 1.165) is 22.0 Å². The number of nitrogens with zero attached hydrogens (tertiary/aromatic N) is 3. The van der Waals surface area contributed by atoms with Gasteiger partial charge in [0.1, 0.15) is 5.82 Å². The third kappa shape index (κ3) is 4.40. The summed E-state index contributed by atoms with van der Waals surface area (Å²) in [5.74, 6) is -0.463. The summed E-state index contributed by atoms with van der Waals surface area (Å²) in [4.78, 5) is 7.01. The number of hydrogen-bond acceptors (Lipinski definition) is 5. The summed E-state index contributed by atoms with van der Waals surface area (Å²) < 4.78 is 40.7. The molecule has 0 N–H and O–H groups in total. The Kier molecular flexibility index (Phi) is 6.45. The van der Waals surface area contributed by atoms with Crippen molar-refractivity contribution in [3.8, 4) is 11.3 Å². The predicted molar refractivity (Wildman–Crippen MR) is 123 cm³/mol. The highest BCUT2D eigenvalue weighted by molar-refractivity contribution is 9.08. The first-order valence-electron chi connectivity index (χ1n) is 9.19. The van der Waals surface area contributed by atoms with Gasteiger partial charge >= 0.3 is 0 Å². The molecule has 158 valence electrons. The number of aromatic nitrogens is 1. The first-order valence-corrected chi connectivity index (χ1v) is 13.0. The standard InChI is InChI=1S/C20H18BrClFN3O2S2/c21-12-14-1-4-16(5-2-14)30(27,28)26-9-7-25(8-10-26)20-24-19(13-29-20)15-3-6-18(23)17(22)11-15/h1-6,11,13H,7-10,12H2. The van der Waals surface area contributed by atoms with Crippen molar-refractivity contribution in [1.29, 1.82) is 0 Å². The van der Waals surface area contributed by atoms with Crippen LogP contribution in [-0.4, -0.2) is 43.9 Å². The molecule has 0 radical (unpaired) electrons. The molecular formula is C20H18BrClFN3O2S2. The Morgan fingerprint density at radius 2 is 1.80 bits per heavy atom. The highest BCUT2D eigenvalue weighted by Crippen LogP contribution is 2.30. The van der Waals surface area contributed by atoms with Gasteiger partial charge in [-0.1, -0.05) is 39.7 Å². The van der Waals surface area contributed by atoms with Crippen LogP contribution in [0.1, 0.15) is 5.56 Å². The summed E-state index contributed by atoms with van der Waals surface area (Å²) in [6, 6.07) is 11.5. The van der Waals surface area contributed by atoms with Crippen molar-refractivity contribution in [3.63, 3.8) is 0 Å². The predicted octanol–water partition coefficient (Wildman–Crippen LogP) is 5.01. The molecule has 10 heteroatoms. The lowest BCUT2D eigenvalue weighted by Crippen LogP contribution is -2.48. The summed E-state index contributed by atoms with van der Waals surface area (Å²) in [7, 11) is -3.52. The van der Waals surface area contributed by atoms with E-state index in [1.807, 2.05) is 17.5 Å². The average molecular weight is 531 g/mol. The van der Waals surface area contributed by atoms with E-state index in [1.165, 1.54) is 21.7 Å². The van der Waals surface area contributed by atoms with Gasteiger partial charge in [-0.15, -0.1) is 11.3 Å². The number of piperazine rings is 1. The molecule has 0 unspecified atom stereocenters. The molecule has 1 aromatic heterocycles. The molecule has 2 heterocycles. The minimum absolute atomic E-state index is 0.0602. The number of hydrogen-bond donors (Lipinski definition) is 0. The number of rotatable bonds is 5. The molecule has 1 aliphatic heterocycles. The van der Waals surface area contributed by atoms with Gasteiger partial charge in [-0.05, 0) is 35.9 Å². The molecule has 0 bridgehead atoms. The number of sulfonamides is 1. The topological polar surface area (TPSA) is 53.5 Å². The van der Waals surface area contributed by atoms with Gasteiger partial charge < -0.3 is 4.90 Å². The van der Waals surface area contributed by atoms with Crippen molar-refractivity contribution >= 4 is 54.0 Å². The highest BCUT2D eigenvalue weighted by Gasteiger charge is 2.29. The van der Waals surface area contributed by atoms with E-state index in [-0.39, 0.29) is 5.02 Å². The van der Waals surface area contributed by atoms with Crippen LogP contribution < -0.4 is 4.90 Å². The Labute approximate surface area is 192 Å². The molecule has 2 aromatic carbocycles. The van der Waals surface area contributed by atoms with Crippen LogP contribution in [0.2, 0.25) is 5.02 Å². The summed E-state index contributed by atoms with van der Waals surface area (Å²) in [5.41, 5.74) is 2.50. The summed E-state index contributed by atoms with van der Waals surface area (Å²) in [5, 5.41) is 3.45. The zero-order chi connectivity index (χ0) is 21.3. The van der Waals surface area contributed by atoms with Crippen molar-refractivity contribution in [2.24, 2.45) is 0 Å². The Bertz CT molecular complexity index is 1150. The average Bonchev–Trinajstić information content (AvgIpc) is 3.26. The van der Waals surface area contributed by atoms with Gasteiger partial charge in [0.05, 0.1) is 15.6 Å². The minimum atomic E-state index is -3.52. The lowest BCUT2D eigenvalue weighted by Gasteiger charge is -2.33. The van der Waals surface area contributed by atoms with Gasteiger partial charge in [-0.3, -0.25) is 0 Å². The summed E-state index contributed by atoms with van der Waals surface area (Å²) >= 11 is 10.7. The maximum Gasteiger partial charge on any atom is 0.243 e. The highest BCUT2D eigenvalue weighted by atomic mass is 79.9. The second-order valence-corrected chi connectivity index (χ2v) is 10.6. The number of halogens is 3. The Balaban J connectivity index is 1.44. The van der Waals surface area contributed by atoms with Gasteiger partial charge in [-0.2, -0.15) is 4.31 Å². The number of benzene rings is 2. The lowest BCUT2D eigenvalue weighted by atomic mass is 10.2. The van der Waals surface area contributed by atoms with Crippen LogP contribution in [0.4, 0.5) is 9.52 Å². The van der Waals surface area contributed by atoms with Crippen LogP contribution >= 0.6 is 38.9 Å². The molecule has 0 aliphatic carbocycles. The van der Waals surface area contributed by atoms with Crippen LogP contribution in [0.25, 0.3) is 11.3 Å². The van der Waals surface area contributed by atoms with E-state index in [4.69, 9.17) is 11.6 Å². The third-order valence-electron chi connectivity index (χ3n) is 4.93. The summed E-state index contributed by atoms with van der Waals surface area (Å²) in [6.07, 6.45) is 0. The van der Waals surface area contributed by atoms with Crippen molar-refractivity contribution < 1.29 is 12.8 Å². The fourth-order valence-electron chi connectivity index (χ4n) is 3.22. The third-order valence-corrected chi connectivity index (χ3v) is 8.68. The van der Waals surface area contributed by atoms with Gasteiger partial charge in [0.25, 0.3) is 0 Å². The maximum absolute atomic E-state index is 13.4. The van der Waals surface area contributed by atoms with E-state index in [0.29, 0.717) is 36.4 Å². The summed E-state index contributed by atoms with van der Waals surface area (Å²) in [6.45, 7) is 1.88. The monoisotopic (exact) mass is 529 g/mol. The number of anilines is 1. The molecule has 1 aliphatic rings. The van der Waals surface area contributed by atoms with E-state index in [9.17, 15) is 12.8 Å². The van der Waals surface area contributed by atoms with E-state index in [2.05, 4.69) is 25.8 Å². The van der Waals surface area contributed by atoms with Gasteiger partial charge in [0, 0.05) is 42.5 Å². The van der Waals surface area contributed by atoms with Crippen LogP contribution in [0, 0.1) is 5.82 Å². The number of thiazole rings is 1. The molecule has 0 spiro atoms. The van der Waals surface area contributed by atoms with Crippen LogP contribution in [0.3, 0.4) is 0 Å². The van der Waals surface area contributed by atoms with E-state index in [1.54, 1.807) is 24.3 Å². The molecular weight excluding hydrogens is 513 g/mol. The van der Waals surface area contributed by atoms with E-state index >= 15 is 0 Å². The SMILES string of the molecule is O=S(=O)(c1ccc(CBr)cc1)N1CCN(c2nc(-c3ccc(F)c(Cl)c3)cs2)CC1. The largest absolute Gasteiger partial charge is 0.345 e. The van der Waals surface area contributed by atoms with Gasteiger partial charge in [0.2, 0.25) is 10.0 Å². The smallest absolute Gasteiger partial charge is 0.243 e. The van der Waals surface area contributed by atoms with Gasteiger partial charge in [0.15, 0.2) is 5.13 Å². The first-order chi connectivity index (χ1) is 14.4. The van der Waals surface area contributed by atoms with Crippen molar-refractivity contribution in [2.45, 2.75) is 10.2 Å². The first kappa shape index (κ1) is 21.7. The zero-order valence-electron chi connectivity index (χ0n) is 15.8. The van der Waals surface area contributed by atoms with Crippen LogP contribution in [0.5, 0.6) is 0 Å². The van der Waals surface area contributed by atoms with Crippen molar-refractivity contribution in [2.75, 3.05) is 31.1 Å². The fraction of sp³-hybridized carbons (Fsp3) is 0.250. The normalized spacial score (nSPS) is 15.5. The second-order valence-electron chi connectivity index (χ2n) is 6.81. The molecule has 1 fully saturated rings. The maximum atomic E-state index is 13.4. The Hall–Kier alpha value is -1.52. The fourth-order valence-corrected chi connectivity index (χ4v) is 6.08. The number of alkyl halides is 1. The molecule has 4 rings (SSSR count). The van der Waals surface area contributed by atoms with Crippen LogP contribution in [0.15, 0.2) is 52.7 Å². The molecule has 5 nitrogen and oxygen atoms in total. The van der Waals surface area contributed by atoms with Crippen molar-refractivity contribution in [3.05, 3.63) is 64.2 Å². The molecule has 0 saturated carbocycles. The van der Waals surface area contributed by atoms with E-state index < -0.39 is 15.8 Å². The molecule has 30 heavy (non-hydrogen) atoms. The van der Waals surface area contributed by atoms with Crippen molar-refractivity contribution in [1.82, 2.24) is 9.29 Å². The Morgan fingerprint density at radius 1 is 1.10 bits per heavy atom. The van der Waals surface area contributed by atoms with Crippen LogP contribution in [-0.2, 0) is 15.4 Å². The molecule has 0 atom stereocenters. The lowest BCUT2D eigenvalue weighted by molar-refractivity contribution is 0.385. The molecule has 0 amide bonds. The van der Waals surface area contributed by atoms with Gasteiger partial charge in [-0.25, -0.2) is 17.8 Å². The molecule has 1 saturated heterocycles. The quantitative estimate of drug-likeness (QED) is 0.435.